The first-order valence-electron chi connectivity index (χ1n) is 13.7. The second-order valence-electron chi connectivity index (χ2n) is 11.2. The van der Waals surface area contributed by atoms with E-state index in [2.05, 4.69) is 10.6 Å². The highest BCUT2D eigenvalue weighted by molar-refractivity contribution is 6.00. The molecule has 3 fully saturated rings. The fraction of sp³-hybridized carbons (Fsp3) is 0.643. The molecule has 4 rings (SSSR count). The molecule has 10 heteroatoms. The Morgan fingerprint density at radius 2 is 1.82 bits per heavy atom. The van der Waals surface area contributed by atoms with E-state index in [1.165, 1.54) is 0 Å². The van der Waals surface area contributed by atoms with Crippen molar-refractivity contribution in [3.05, 3.63) is 29.8 Å². The maximum absolute atomic E-state index is 13.7. The predicted octanol–water partition coefficient (Wildman–Crippen LogP) is 1.73. The van der Waals surface area contributed by atoms with Crippen LogP contribution in [0.5, 0.6) is 5.75 Å². The first kappa shape index (κ1) is 27.9. The summed E-state index contributed by atoms with van der Waals surface area (Å²) in [4.78, 5) is 56.0. The number of hydrogen-bond donors (Lipinski definition) is 2. The zero-order chi connectivity index (χ0) is 27.3. The van der Waals surface area contributed by atoms with Crippen LogP contribution in [0.3, 0.4) is 0 Å². The number of morpholine rings is 1. The molecule has 3 aliphatic rings. The van der Waals surface area contributed by atoms with Gasteiger partial charge < -0.3 is 29.9 Å². The number of benzene rings is 1. The van der Waals surface area contributed by atoms with Gasteiger partial charge in [0.15, 0.2) is 6.61 Å². The predicted molar refractivity (Wildman–Crippen MR) is 141 cm³/mol. The summed E-state index contributed by atoms with van der Waals surface area (Å²) >= 11 is 0. The Balaban J connectivity index is 1.43. The normalized spacial score (nSPS) is 21.1. The number of ether oxygens (including phenoxy) is 2. The number of nitrogens with zero attached hydrogens (tertiary/aromatic N) is 2. The summed E-state index contributed by atoms with van der Waals surface area (Å²) < 4.78 is 11.1. The van der Waals surface area contributed by atoms with E-state index in [0.717, 1.165) is 19.3 Å². The number of amides is 4. The molecule has 0 spiro atoms. The van der Waals surface area contributed by atoms with E-state index in [-0.39, 0.29) is 47.1 Å². The van der Waals surface area contributed by atoms with Gasteiger partial charge in [0, 0.05) is 25.2 Å². The molecule has 10 nitrogen and oxygen atoms in total. The van der Waals surface area contributed by atoms with E-state index in [9.17, 15) is 19.2 Å². The van der Waals surface area contributed by atoms with Crippen LogP contribution in [-0.2, 0) is 19.1 Å². The Morgan fingerprint density at radius 3 is 2.50 bits per heavy atom. The Morgan fingerprint density at radius 1 is 1.11 bits per heavy atom. The molecule has 1 aliphatic carbocycles. The van der Waals surface area contributed by atoms with E-state index < -0.39 is 18.0 Å². The van der Waals surface area contributed by atoms with Gasteiger partial charge in [0.05, 0.1) is 18.8 Å². The average molecular weight is 529 g/mol. The molecule has 0 aromatic heterocycles. The zero-order valence-corrected chi connectivity index (χ0v) is 22.7. The van der Waals surface area contributed by atoms with Crippen LogP contribution < -0.4 is 15.4 Å². The van der Waals surface area contributed by atoms with Crippen LogP contribution in [0.1, 0.15) is 63.2 Å². The summed E-state index contributed by atoms with van der Waals surface area (Å²) in [5.41, 5.74) is 0.0973. The molecule has 1 aromatic rings. The quantitative estimate of drug-likeness (QED) is 0.478. The highest BCUT2D eigenvalue weighted by Gasteiger charge is 2.40. The minimum atomic E-state index is -0.785. The fourth-order valence-electron chi connectivity index (χ4n) is 5.02. The first-order valence-corrected chi connectivity index (χ1v) is 13.7. The highest BCUT2D eigenvalue weighted by atomic mass is 16.5. The minimum Gasteiger partial charge on any atom is -0.483 e. The molecule has 2 saturated heterocycles. The third-order valence-corrected chi connectivity index (χ3v) is 7.39. The van der Waals surface area contributed by atoms with Crippen molar-refractivity contribution >= 4 is 23.6 Å². The fourth-order valence-corrected chi connectivity index (χ4v) is 5.02. The monoisotopic (exact) mass is 528 g/mol. The third kappa shape index (κ3) is 7.03. The topological polar surface area (TPSA) is 117 Å². The molecule has 208 valence electrons. The molecular weight excluding hydrogens is 488 g/mol. The maximum Gasteiger partial charge on any atom is 0.258 e. The molecule has 2 N–H and O–H groups in total. The second kappa shape index (κ2) is 12.1. The van der Waals surface area contributed by atoms with Crippen LogP contribution in [0, 0.1) is 5.92 Å². The lowest BCUT2D eigenvalue weighted by atomic mass is 10.0. The smallest absolute Gasteiger partial charge is 0.258 e. The summed E-state index contributed by atoms with van der Waals surface area (Å²) in [5, 5.41) is 5.83. The van der Waals surface area contributed by atoms with Gasteiger partial charge in [0.25, 0.3) is 11.8 Å². The van der Waals surface area contributed by atoms with Crippen molar-refractivity contribution in [2.45, 2.75) is 70.5 Å². The molecule has 4 amide bonds. The van der Waals surface area contributed by atoms with E-state index >= 15 is 0 Å². The summed E-state index contributed by atoms with van der Waals surface area (Å²) in [5.74, 6) is -0.572. The number of likely N-dealkylation sites (tertiary alicyclic amines) is 1. The SMILES string of the molecule is CC(C)C[C@@H](NC(=O)c1ccccc1OCC(=O)NC1(C)CC1)C(=O)N1CCC[C@H]1C(=O)N1CCOCC1. The van der Waals surface area contributed by atoms with Crippen molar-refractivity contribution in [2.24, 2.45) is 5.92 Å². The van der Waals surface area contributed by atoms with Crippen molar-refractivity contribution in [2.75, 3.05) is 39.5 Å². The summed E-state index contributed by atoms with van der Waals surface area (Å²) in [6.07, 6.45) is 3.68. The van der Waals surface area contributed by atoms with Gasteiger partial charge in [-0.1, -0.05) is 26.0 Å². The molecule has 0 unspecified atom stereocenters. The average Bonchev–Trinajstić information content (AvgIpc) is 3.42. The van der Waals surface area contributed by atoms with Crippen molar-refractivity contribution in [3.8, 4) is 5.75 Å². The second-order valence-corrected chi connectivity index (χ2v) is 11.2. The van der Waals surface area contributed by atoms with E-state index in [4.69, 9.17) is 9.47 Å². The number of hydrogen-bond acceptors (Lipinski definition) is 6. The number of rotatable bonds is 10. The lowest BCUT2D eigenvalue weighted by Gasteiger charge is -2.34. The van der Waals surface area contributed by atoms with Gasteiger partial charge in [-0.2, -0.15) is 0 Å². The summed E-state index contributed by atoms with van der Waals surface area (Å²) in [6.45, 7) is 8.30. The molecular formula is C28H40N4O6. The van der Waals surface area contributed by atoms with E-state index in [1.807, 2.05) is 20.8 Å². The van der Waals surface area contributed by atoms with Crippen molar-refractivity contribution in [1.82, 2.24) is 20.4 Å². The Hall–Kier alpha value is -3.14. The van der Waals surface area contributed by atoms with E-state index in [1.54, 1.807) is 34.1 Å². The first-order chi connectivity index (χ1) is 18.2. The van der Waals surface area contributed by atoms with Crippen molar-refractivity contribution < 1.29 is 28.7 Å². The van der Waals surface area contributed by atoms with Gasteiger partial charge in [-0.05, 0) is 57.1 Å². The molecule has 38 heavy (non-hydrogen) atoms. The van der Waals surface area contributed by atoms with Crippen LogP contribution >= 0.6 is 0 Å². The molecule has 2 atom stereocenters. The number of carbonyl (C=O) groups is 4. The van der Waals surface area contributed by atoms with Crippen LogP contribution in [0.2, 0.25) is 0 Å². The van der Waals surface area contributed by atoms with Gasteiger partial charge >= 0.3 is 0 Å². The molecule has 1 aromatic carbocycles. The van der Waals surface area contributed by atoms with E-state index in [0.29, 0.717) is 45.7 Å². The maximum atomic E-state index is 13.7. The highest BCUT2D eigenvalue weighted by Crippen LogP contribution is 2.34. The van der Waals surface area contributed by atoms with Crippen LogP contribution in [0.15, 0.2) is 24.3 Å². The lowest BCUT2D eigenvalue weighted by molar-refractivity contribution is -0.147. The Bertz CT molecular complexity index is 1030. The molecule has 0 radical (unpaired) electrons. The molecule has 1 saturated carbocycles. The van der Waals surface area contributed by atoms with Gasteiger partial charge in [0.1, 0.15) is 17.8 Å². The van der Waals surface area contributed by atoms with Crippen LogP contribution in [0.25, 0.3) is 0 Å². The summed E-state index contributed by atoms with van der Waals surface area (Å²) in [7, 11) is 0. The summed E-state index contributed by atoms with van der Waals surface area (Å²) in [6, 6.07) is 5.39. The largest absolute Gasteiger partial charge is 0.483 e. The van der Waals surface area contributed by atoms with Crippen molar-refractivity contribution in [1.29, 1.82) is 0 Å². The standard InChI is InChI=1S/C28H40N4O6/c1-19(2)17-21(26(35)32-12-6-8-22(32)27(36)31-13-15-37-16-14-31)29-25(34)20-7-4-5-9-23(20)38-18-24(33)30-28(3)10-11-28/h4-5,7,9,19,21-22H,6,8,10-18H2,1-3H3,(H,29,34)(H,30,33)/t21-,22+/m1/s1. The van der Waals surface area contributed by atoms with Crippen LogP contribution in [-0.4, -0.2) is 90.5 Å². The van der Waals surface area contributed by atoms with Gasteiger partial charge in [0.2, 0.25) is 11.8 Å². The number of nitrogens with one attached hydrogen (secondary N) is 2. The molecule has 0 bridgehead atoms. The third-order valence-electron chi connectivity index (χ3n) is 7.39. The Kier molecular flexibility index (Phi) is 8.91. The number of carbonyl (C=O) groups excluding carboxylic acids is 4. The van der Waals surface area contributed by atoms with Crippen molar-refractivity contribution in [3.63, 3.8) is 0 Å². The lowest BCUT2D eigenvalue weighted by Crippen LogP contribution is -2.55. The van der Waals surface area contributed by atoms with Gasteiger partial charge in [-0.3, -0.25) is 19.2 Å². The zero-order valence-electron chi connectivity index (χ0n) is 22.7. The number of para-hydroxylation sites is 1. The Labute approximate surface area is 224 Å². The minimum absolute atomic E-state index is 0.0501. The van der Waals surface area contributed by atoms with Crippen LogP contribution in [0.4, 0.5) is 0 Å². The molecule has 2 heterocycles. The van der Waals surface area contributed by atoms with Gasteiger partial charge in [-0.25, -0.2) is 0 Å². The molecule has 2 aliphatic heterocycles. The van der Waals surface area contributed by atoms with Gasteiger partial charge in [-0.15, -0.1) is 0 Å².